The Hall–Kier alpha value is -0.930. The monoisotopic (exact) mass is 265 g/mol. The zero-order valence-electron chi connectivity index (χ0n) is 11.7. The molecule has 2 rings (SSSR count). The van der Waals surface area contributed by atoms with Crippen molar-refractivity contribution in [3.8, 4) is 0 Å². The topological polar surface area (TPSA) is 32.3 Å². The first-order valence-corrected chi connectivity index (χ1v) is 7.36. The van der Waals surface area contributed by atoms with Gasteiger partial charge in [0.15, 0.2) is 0 Å². The van der Waals surface area contributed by atoms with Crippen molar-refractivity contribution in [2.75, 3.05) is 6.54 Å². The molecule has 1 saturated carbocycles. The van der Waals surface area contributed by atoms with E-state index in [0.717, 1.165) is 50.6 Å². The largest absolute Gasteiger partial charge is 0.386 e. The molecule has 1 aliphatic carbocycles. The lowest BCUT2D eigenvalue weighted by molar-refractivity contribution is 0.0612. The van der Waals surface area contributed by atoms with Crippen LogP contribution in [-0.2, 0) is 0 Å². The van der Waals surface area contributed by atoms with Crippen LogP contribution in [-0.4, -0.2) is 17.2 Å². The van der Waals surface area contributed by atoms with E-state index in [1.54, 1.807) is 12.1 Å². The molecule has 0 aromatic heterocycles. The number of aliphatic hydroxyl groups is 1. The molecule has 1 unspecified atom stereocenters. The third-order valence-corrected chi connectivity index (χ3v) is 4.21. The summed E-state index contributed by atoms with van der Waals surface area (Å²) in [5, 5.41) is 14.2. The summed E-state index contributed by atoms with van der Waals surface area (Å²) in [5.41, 5.74) is 0.597. The third-order valence-electron chi connectivity index (χ3n) is 4.21. The Bertz CT molecular complexity index is 384. The molecule has 1 fully saturated rings. The van der Waals surface area contributed by atoms with Gasteiger partial charge in [-0.15, -0.1) is 0 Å². The minimum absolute atomic E-state index is 0.215. The number of benzene rings is 1. The number of nitrogens with one attached hydrogen (secondary N) is 1. The van der Waals surface area contributed by atoms with E-state index in [1.807, 2.05) is 0 Å². The molecule has 19 heavy (non-hydrogen) atoms. The standard InChI is InChI=1S/C16H24FNO/c1-2-3-12-18-16(10-4-5-11-16)15(19)13-6-8-14(17)9-7-13/h6-9,15,18-19H,2-5,10-12H2,1H3. The second-order valence-corrected chi connectivity index (χ2v) is 5.60. The average Bonchev–Trinajstić information content (AvgIpc) is 2.89. The normalized spacial score (nSPS) is 19.5. The van der Waals surface area contributed by atoms with Crippen LogP contribution in [0.15, 0.2) is 24.3 Å². The van der Waals surface area contributed by atoms with Crippen molar-refractivity contribution in [3.63, 3.8) is 0 Å². The fourth-order valence-corrected chi connectivity index (χ4v) is 3.03. The Kier molecular flexibility index (Phi) is 4.94. The van der Waals surface area contributed by atoms with Gasteiger partial charge in [0, 0.05) is 5.54 Å². The molecule has 106 valence electrons. The van der Waals surface area contributed by atoms with Crippen LogP contribution in [0, 0.1) is 5.82 Å². The first-order valence-electron chi connectivity index (χ1n) is 7.36. The summed E-state index contributed by atoms with van der Waals surface area (Å²) in [6.45, 7) is 3.11. The van der Waals surface area contributed by atoms with Gasteiger partial charge in [0.1, 0.15) is 5.82 Å². The first kappa shape index (κ1) is 14.5. The van der Waals surface area contributed by atoms with Crippen molar-refractivity contribution in [2.24, 2.45) is 0 Å². The van der Waals surface area contributed by atoms with Crippen LogP contribution in [0.25, 0.3) is 0 Å². The number of hydrogen-bond donors (Lipinski definition) is 2. The van der Waals surface area contributed by atoms with Crippen LogP contribution >= 0.6 is 0 Å². The molecular formula is C16H24FNO. The highest BCUT2D eigenvalue weighted by Gasteiger charge is 2.40. The quantitative estimate of drug-likeness (QED) is 0.771. The van der Waals surface area contributed by atoms with Crippen LogP contribution in [0.2, 0.25) is 0 Å². The number of halogens is 1. The van der Waals surface area contributed by atoms with Crippen molar-refractivity contribution in [1.82, 2.24) is 5.32 Å². The Labute approximate surface area is 115 Å². The molecular weight excluding hydrogens is 241 g/mol. The number of aliphatic hydroxyl groups excluding tert-OH is 1. The number of unbranched alkanes of at least 4 members (excludes halogenated alkanes) is 1. The first-order chi connectivity index (χ1) is 9.18. The van der Waals surface area contributed by atoms with E-state index in [-0.39, 0.29) is 11.4 Å². The highest BCUT2D eigenvalue weighted by atomic mass is 19.1. The zero-order chi connectivity index (χ0) is 13.7. The third kappa shape index (κ3) is 3.34. The second kappa shape index (κ2) is 6.49. The van der Waals surface area contributed by atoms with Gasteiger partial charge in [0.05, 0.1) is 6.10 Å². The van der Waals surface area contributed by atoms with Crippen LogP contribution in [0.1, 0.15) is 57.1 Å². The summed E-state index contributed by atoms with van der Waals surface area (Å²) >= 11 is 0. The Morgan fingerprint density at radius 2 is 1.89 bits per heavy atom. The Morgan fingerprint density at radius 3 is 2.47 bits per heavy atom. The number of hydrogen-bond acceptors (Lipinski definition) is 2. The SMILES string of the molecule is CCCCNC1(C(O)c2ccc(F)cc2)CCCC1. The average molecular weight is 265 g/mol. The fourth-order valence-electron chi connectivity index (χ4n) is 3.03. The van der Waals surface area contributed by atoms with E-state index in [2.05, 4.69) is 12.2 Å². The van der Waals surface area contributed by atoms with Gasteiger partial charge < -0.3 is 10.4 Å². The maximum Gasteiger partial charge on any atom is 0.123 e. The van der Waals surface area contributed by atoms with E-state index in [1.165, 1.54) is 12.1 Å². The van der Waals surface area contributed by atoms with E-state index >= 15 is 0 Å². The highest BCUT2D eigenvalue weighted by molar-refractivity contribution is 5.23. The van der Waals surface area contributed by atoms with E-state index < -0.39 is 6.10 Å². The van der Waals surface area contributed by atoms with E-state index in [9.17, 15) is 9.50 Å². The molecule has 1 aliphatic rings. The Balaban J connectivity index is 2.11. The smallest absolute Gasteiger partial charge is 0.123 e. The van der Waals surface area contributed by atoms with Gasteiger partial charge in [-0.2, -0.15) is 0 Å². The van der Waals surface area contributed by atoms with Gasteiger partial charge >= 0.3 is 0 Å². The molecule has 0 radical (unpaired) electrons. The van der Waals surface area contributed by atoms with Gasteiger partial charge in [0.2, 0.25) is 0 Å². The summed E-state index contributed by atoms with van der Waals surface area (Å²) < 4.78 is 13.0. The summed E-state index contributed by atoms with van der Waals surface area (Å²) in [4.78, 5) is 0. The molecule has 2 N–H and O–H groups in total. The van der Waals surface area contributed by atoms with Crippen LogP contribution < -0.4 is 5.32 Å². The van der Waals surface area contributed by atoms with E-state index in [0.29, 0.717) is 0 Å². The fraction of sp³-hybridized carbons (Fsp3) is 0.625. The lowest BCUT2D eigenvalue weighted by atomic mass is 9.85. The van der Waals surface area contributed by atoms with Crippen molar-refractivity contribution < 1.29 is 9.50 Å². The predicted octanol–water partition coefficient (Wildman–Crippen LogP) is 3.56. The van der Waals surface area contributed by atoms with Crippen molar-refractivity contribution in [3.05, 3.63) is 35.6 Å². The molecule has 0 amide bonds. The maximum atomic E-state index is 13.0. The molecule has 2 nitrogen and oxygen atoms in total. The van der Waals surface area contributed by atoms with Gasteiger partial charge in [-0.25, -0.2) is 4.39 Å². The van der Waals surface area contributed by atoms with Crippen LogP contribution in [0.3, 0.4) is 0 Å². The van der Waals surface area contributed by atoms with Gasteiger partial charge in [-0.3, -0.25) is 0 Å². The van der Waals surface area contributed by atoms with E-state index in [4.69, 9.17) is 0 Å². The molecule has 0 saturated heterocycles. The van der Waals surface area contributed by atoms with Gasteiger partial charge in [-0.05, 0) is 43.5 Å². The molecule has 0 heterocycles. The minimum atomic E-state index is -0.549. The summed E-state index contributed by atoms with van der Waals surface area (Å²) in [7, 11) is 0. The van der Waals surface area contributed by atoms with Crippen molar-refractivity contribution in [2.45, 2.75) is 57.1 Å². The molecule has 0 spiro atoms. The summed E-state index contributed by atoms with van der Waals surface area (Å²) in [6.07, 6.45) is 6.01. The molecule has 1 aromatic rings. The van der Waals surface area contributed by atoms with Gasteiger partial charge in [0.25, 0.3) is 0 Å². The molecule has 0 bridgehead atoms. The summed E-state index contributed by atoms with van der Waals surface area (Å²) in [6, 6.07) is 6.24. The predicted molar refractivity (Wildman–Crippen MR) is 75.5 cm³/mol. The Morgan fingerprint density at radius 1 is 1.26 bits per heavy atom. The second-order valence-electron chi connectivity index (χ2n) is 5.60. The maximum absolute atomic E-state index is 13.0. The molecule has 1 aromatic carbocycles. The highest BCUT2D eigenvalue weighted by Crippen LogP contribution is 2.39. The number of rotatable bonds is 6. The van der Waals surface area contributed by atoms with Crippen molar-refractivity contribution in [1.29, 1.82) is 0 Å². The van der Waals surface area contributed by atoms with Crippen LogP contribution in [0.4, 0.5) is 4.39 Å². The van der Waals surface area contributed by atoms with Crippen LogP contribution in [0.5, 0.6) is 0 Å². The zero-order valence-corrected chi connectivity index (χ0v) is 11.7. The van der Waals surface area contributed by atoms with Crippen molar-refractivity contribution >= 4 is 0 Å². The summed E-state index contributed by atoms with van der Waals surface area (Å²) in [5.74, 6) is -0.254. The molecule has 0 aliphatic heterocycles. The van der Waals surface area contributed by atoms with Gasteiger partial charge in [-0.1, -0.05) is 38.3 Å². The lowest BCUT2D eigenvalue weighted by Crippen LogP contribution is -2.48. The molecule has 1 atom stereocenters. The minimum Gasteiger partial charge on any atom is -0.386 e. The lowest BCUT2D eigenvalue weighted by Gasteiger charge is -2.36. The molecule has 3 heteroatoms.